The number of fused-ring (bicyclic) bond motifs is 1. The minimum Gasteiger partial charge on any atom is -0.493 e. The van der Waals surface area contributed by atoms with Gasteiger partial charge in [0.05, 0.1) is 6.61 Å². The molecule has 0 amide bonds. The molecule has 1 N–H and O–H groups in total. The minimum atomic E-state index is -4.51. The number of hydrogen-bond acceptors (Lipinski definition) is 3. The Hall–Kier alpha value is -1.27. The van der Waals surface area contributed by atoms with E-state index >= 15 is 0 Å². The second-order valence-corrected chi connectivity index (χ2v) is 6.14. The first-order chi connectivity index (χ1) is 10.4. The summed E-state index contributed by atoms with van der Waals surface area (Å²) in [6, 6.07) is 6.11. The number of ether oxygens (including phenoxy) is 1. The van der Waals surface area contributed by atoms with Crippen LogP contribution in [0.25, 0.3) is 0 Å². The average molecular weight is 315 g/mol. The molecule has 22 heavy (non-hydrogen) atoms. The van der Waals surface area contributed by atoms with Crippen LogP contribution in [0.1, 0.15) is 24.0 Å². The lowest BCUT2D eigenvalue weighted by atomic mass is 9.90. The molecule has 1 aromatic rings. The molecule has 1 fully saturated rings. The zero-order chi connectivity index (χ0) is 15.7. The van der Waals surface area contributed by atoms with Crippen LogP contribution in [0.3, 0.4) is 0 Å². The number of nitrogens with zero attached hydrogens (tertiary/aromatic N) is 1. The van der Waals surface area contributed by atoms with E-state index in [2.05, 4.69) is 11.0 Å². The number of aliphatic hydroxyl groups is 1. The highest BCUT2D eigenvalue weighted by atomic mass is 19.4. The zero-order valence-electron chi connectivity index (χ0n) is 12.3. The van der Waals surface area contributed by atoms with Crippen LogP contribution >= 0.6 is 0 Å². The topological polar surface area (TPSA) is 32.7 Å². The van der Waals surface area contributed by atoms with Crippen LogP contribution in [0.5, 0.6) is 5.75 Å². The molecule has 1 unspecified atom stereocenters. The van der Waals surface area contributed by atoms with Crippen molar-refractivity contribution in [2.75, 3.05) is 19.7 Å². The summed E-state index contributed by atoms with van der Waals surface area (Å²) < 4.78 is 43.1. The van der Waals surface area contributed by atoms with Gasteiger partial charge in [-0.15, -0.1) is 0 Å². The quantitative estimate of drug-likeness (QED) is 0.931. The lowest BCUT2D eigenvalue weighted by Crippen LogP contribution is -2.43. The highest BCUT2D eigenvalue weighted by Gasteiger charge is 2.44. The summed E-state index contributed by atoms with van der Waals surface area (Å²) in [5.41, 5.74) is 2.37. The highest BCUT2D eigenvalue weighted by molar-refractivity contribution is 5.39. The number of hydrogen-bond donors (Lipinski definition) is 1. The molecule has 2 aliphatic rings. The fraction of sp³-hybridized carbons (Fsp3) is 0.625. The Morgan fingerprint density at radius 2 is 2.00 bits per heavy atom. The SMILES string of the molecule is OC(C1CCN(Cc2ccc3c(c2)CCO3)CC1)C(F)(F)F. The van der Waals surface area contributed by atoms with Crippen molar-refractivity contribution in [3.63, 3.8) is 0 Å². The minimum absolute atomic E-state index is 0.384. The number of halogens is 3. The largest absolute Gasteiger partial charge is 0.493 e. The van der Waals surface area contributed by atoms with Crippen molar-refractivity contribution < 1.29 is 23.0 Å². The van der Waals surface area contributed by atoms with Crippen LogP contribution in [-0.4, -0.2) is 42.0 Å². The molecule has 0 radical (unpaired) electrons. The molecule has 1 aromatic carbocycles. The van der Waals surface area contributed by atoms with Gasteiger partial charge in [-0.25, -0.2) is 0 Å². The second-order valence-electron chi connectivity index (χ2n) is 6.14. The van der Waals surface area contributed by atoms with E-state index in [1.165, 1.54) is 11.1 Å². The van der Waals surface area contributed by atoms with Crippen LogP contribution < -0.4 is 4.74 Å². The fourth-order valence-electron chi connectivity index (χ4n) is 3.29. The van der Waals surface area contributed by atoms with Crippen molar-refractivity contribution in [1.82, 2.24) is 4.90 Å². The lowest BCUT2D eigenvalue weighted by Gasteiger charge is -2.34. The van der Waals surface area contributed by atoms with Gasteiger partial charge in [0, 0.05) is 13.0 Å². The fourth-order valence-corrected chi connectivity index (χ4v) is 3.29. The maximum atomic E-state index is 12.5. The van der Waals surface area contributed by atoms with E-state index in [0.717, 1.165) is 25.3 Å². The molecule has 1 atom stereocenters. The maximum absolute atomic E-state index is 12.5. The van der Waals surface area contributed by atoms with Crippen LogP contribution in [0, 0.1) is 5.92 Å². The number of rotatable bonds is 3. The average Bonchev–Trinajstić information content (AvgIpc) is 2.94. The molecule has 122 valence electrons. The van der Waals surface area contributed by atoms with Gasteiger partial charge in [0.2, 0.25) is 0 Å². The van der Waals surface area contributed by atoms with Crippen molar-refractivity contribution in [2.24, 2.45) is 5.92 Å². The maximum Gasteiger partial charge on any atom is 0.414 e. The van der Waals surface area contributed by atoms with Crippen molar-refractivity contribution in [3.05, 3.63) is 29.3 Å². The molecular weight excluding hydrogens is 295 g/mol. The van der Waals surface area contributed by atoms with Crippen LogP contribution in [-0.2, 0) is 13.0 Å². The second kappa shape index (κ2) is 6.08. The van der Waals surface area contributed by atoms with Gasteiger partial charge in [-0.3, -0.25) is 4.90 Å². The summed E-state index contributed by atoms with van der Waals surface area (Å²) in [5, 5.41) is 9.33. The van der Waals surface area contributed by atoms with E-state index in [-0.39, 0.29) is 0 Å². The molecule has 0 aromatic heterocycles. The Kier molecular flexibility index (Phi) is 4.32. The normalized spacial score (nSPS) is 21.5. The summed E-state index contributed by atoms with van der Waals surface area (Å²) in [6.07, 6.45) is -5.01. The summed E-state index contributed by atoms with van der Waals surface area (Å²) in [6.45, 7) is 2.64. The number of piperidine rings is 1. The Bertz CT molecular complexity index is 525. The Labute approximate surface area is 127 Å². The highest BCUT2D eigenvalue weighted by Crippen LogP contribution is 2.32. The Morgan fingerprint density at radius 3 is 2.68 bits per heavy atom. The van der Waals surface area contributed by atoms with Gasteiger partial charge >= 0.3 is 6.18 Å². The third-order valence-electron chi connectivity index (χ3n) is 4.57. The van der Waals surface area contributed by atoms with Crippen LogP contribution in [0.2, 0.25) is 0 Å². The lowest BCUT2D eigenvalue weighted by molar-refractivity contribution is -0.223. The third-order valence-corrected chi connectivity index (χ3v) is 4.57. The molecule has 0 aliphatic carbocycles. The molecule has 6 heteroatoms. The monoisotopic (exact) mass is 315 g/mol. The van der Waals surface area contributed by atoms with Gasteiger partial charge in [0.15, 0.2) is 6.10 Å². The Balaban J connectivity index is 1.54. The van der Waals surface area contributed by atoms with Crippen molar-refractivity contribution >= 4 is 0 Å². The molecule has 0 spiro atoms. The van der Waals surface area contributed by atoms with Crippen molar-refractivity contribution in [2.45, 2.75) is 38.1 Å². The summed E-state index contributed by atoms with van der Waals surface area (Å²) in [5.74, 6) is 0.264. The van der Waals surface area contributed by atoms with E-state index in [4.69, 9.17) is 4.74 Å². The van der Waals surface area contributed by atoms with Gasteiger partial charge < -0.3 is 9.84 Å². The van der Waals surface area contributed by atoms with Crippen molar-refractivity contribution in [1.29, 1.82) is 0 Å². The smallest absolute Gasteiger partial charge is 0.414 e. The first kappa shape index (κ1) is 15.6. The predicted molar refractivity (Wildman–Crippen MR) is 75.7 cm³/mol. The number of alkyl halides is 3. The first-order valence-corrected chi connectivity index (χ1v) is 7.65. The molecule has 2 aliphatic heterocycles. The number of benzene rings is 1. The Morgan fingerprint density at radius 1 is 1.27 bits per heavy atom. The van der Waals surface area contributed by atoms with Crippen LogP contribution in [0.15, 0.2) is 18.2 Å². The third kappa shape index (κ3) is 3.38. The van der Waals surface area contributed by atoms with Crippen molar-refractivity contribution in [3.8, 4) is 5.75 Å². The standard InChI is InChI=1S/C16H20F3NO2/c17-16(18,19)15(21)12-3-6-20(7-4-12)10-11-1-2-14-13(9-11)5-8-22-14/h1-2,9,12,15,21H,3-8,10H2. The van der Waals surface area contributed by atoms with Gasteiger partial charge in [0.1, 0.15) is 5.75 Å². The molecule has 2 heterocycles. The first-order valence-electron chi connectivity index (χ1n) is 7.65. The van der Waals surface area contributed by atoms with E-state index < -0.39 is 18.2 Å². The van der Waals surface area contributed by atoms with E-state index in [9.17, 15) is 18.3 Å². The van der Waals surface area contributed by atoms with Crippen LogP contribution in [0.4, 0.5) is 13.2 Å². The summed E-state index contributed by atoms with van der Waals surface area (Å²) >= 11 is 0. The summed E-state index contributed by atoms with van der Waals surface area (Å²) in [7, 11) is 0. The molecule has 3 nitrogen and oxygen atoms in total. The van der Waals surface area contributed by atoms with Gasteiger partial charge in [-0.2, -0.15) is 13.2 Å². The molecule has 3 rings (SSSR count). The molecular formula is C16H20F3NO2. The van der Waals surface area contributed by atoms with Gasteiger partial charge in [-0.1, -0.05) is 12.1 Å². The number of aliphatic hydroxyl groups excluding tert-OH is 1. The van der Waals surface area contributed by atoms with Gasteiger partial charge in [0.25, 0.3) is 0 Å². The number of likely N-dealkylation sites (tertiary alicyclic amines) is 1. The van der Waals surface area contributed by atoms with E-state index in [0.29, 0.717) is 25.9 Å². The van der Waals surface area contributed by atoms with E-state index in [1.807, 2.05) is 12.1 Å². The van der Waals surface area contributed by atoms with E-state index in [1.54, 1.807) is 0 Å². The zero-order valence-corrected chi connectivity index (χ0v) is 12.3. The molecule has 1 saturated heterocycles. The molecule has 0 saturated carbocycles. The molecule has 0 bridgehead atoms. The predicted octanol–water partition coefficient (Wildman–Crippen LogP) is 2.76. The van der Waals surface area contributed by atoms with Gasteiger partial charge in [-0.05, 0) is 49.0 Å². The summed E-state index contributed by atoms with van der Waals surface area (Å²) in [4.78, 5) is 2.15.